The van der Waals surface area contributed by atoms with Crippen molar-refractivity contribution in [2.75, 3.05) is 34.3 Å². The van der Waals surface area contributed by atoms with Crippen molar-refractivity contribution in [2.24, 2.45) is 10.9 Å². The van der Waals surface area contributed by atoms with Crippen LogP contribution >= 0.6 is 24.0 Å². The molecule has 1 aromatic carbocycles. The molecule has 0 aliphatic rings. The van der Waals surface area contributed by atoms with E-state index < -0.39 is 0 Å². The van der Waals surface area contributed by atoms with Crippen molar-refractivity contribution < 1.29 is 14.3 Å². The number of carbonyl (C=O) groups excluding carboxylic acids is 2. The van der Waals surface area contributed by atoms with Crippen LogP contribution in [0.15, 0.2) is 29.3 Å². The number of aliphatic imine (C=N–C) groups is 1. The number of likely N-dealkylation sites (N-methyl/N-ethyl adjacent to an activating group) is 1. The molecular weight excluding hydrogens is 447 g/mol. The van der Waals surface area contributed by atoms with Crippen molar-refractivity contribution in [3.8, 4) is 0 Å². The molecule has 7 nitrogen and oxygen atoms in total. The van der Waals surface area contributed by atoms with Crippen LogP contribution in [0.4, 0.5) is 0 Å². The minimum absolute atomic E-state index is 0. The van der Waals surface area contributed by atoms with Crippen LogP contribution in [0.25, 0.3) is 0 Å². The summed E-state index contributed by atoms with van der Waals surface area (Å²) in [6.07, 6.45) is 0. The van der Waals surface area contributed by atoms with Crippen molar-refractivity contribution in [3.05, 3.63) is 35.4 Å². The summed E-state index contributed by atoms with van der Waals surface area (Å²) in [5.41, 5.74) is 1.46. The molecule has 0 saturated carbocycles. The van der Waals surface area contributed by atoms with Crippen molar-refractivity contribution in [2.45, 2.75) is 20.4 Å². The molecule has 0 spiro atoms. The number of nitrogens with one attached hydrogen (secondary N) is 2. The minimum atomic E-state index is -0.363. The fraction of sp³-hybridized carbons (Fsp3) is 0.500. The van der Waals surface area contributed by atoms with Crippen LogP contribution in [-0.4, -0.2) is 57.0 Å². The summed E-state index contributed by atoms with van der Waals surface area (Å²) in [4.78, 5) is 29.2. The molecule has 0 unspecified atom stereocenters. The van der Waals surface area contributed by atoms with Gasteiger partial charge in [0.05, 0.1) is 25.8 Å². The fourth-order valence-corrected chi connectivity index (χ4v) is 1.83. The number of guanidine groups is 1. The fourth-order valence-electron chi connectivity index (χ4n) is 1.83. The summed E-state index contributed by atoms with van der Waals surface area (Å²) in [5, 5.41) is 6.26. The van der Waals surface area contributed by atoms with Gasteiger partial charge in [0, 0.05) is 20.6 Å². The first-order valence-corrected chi connectivity index (χ1v) is 8.23. The Labute approximate surface area is 172 Å². The topological polar surface area (TPSA) is 83.0 Å². The van der Waals surface area contributed by atoms with Gasteiger partial charge in [-0.05, 0) is 23.6 Å². The molecule has 1 aromatic rings. The largest absolute Gasteiger partial charge is 0.465 e. The van der Waals surface area contributed by atoms with Gasteiger partial charge in [0.1, 0.15) is 0 Å². The van der Waals surface area contributed by atoms with E-state index in [1.807, 2.05) is 12.1 Å². The summed E-state index contributed by atoms with van der Waals surface area (Å²) >= 11 is 0. The zero-order chi connectivity index (χ0) is 18.8. The molecule has 0 radical (unpaired) electrons. The van der Waals surface area contributed by atoms with Gasteiger partial charge in [-0.2, -0.15) is 0 Å². The molecule has 8 heteroatoms. The molecule has 0 aromatic heterocycles. The zero-order valence-corrected chi connectivity index (χ0v) is 18.4. The second-order valence-corrected chi connectivity index (χ2v) is 6.27. The van der Waals surface area contributed by atoms with Crippen molar-refractivity contribution in [3.63, 3.8) is 0 Å². The van der Waals surface area contributed by atoms with Gasteiger partial charge in [0.15, 0.2) is 5.96 Å². The number of hydrogen-bond acceptors (Lipinski definition) is 4. The van der Waals surface area contributed by atoms with Crippen LogP contribution < -0.4 is 10.6 Å². The number of methoxy groups -OCH3 is 1. The highest BCUT2D eigenvalue weighted by Crippen LogP contribution is 2.07. The first-order chi connectivity index (χ1) is 11.8. The van der Waals surface area contributed by atoms with E-state index in [4.69, 9.17) is 0 Å². The van der Waals surface area contributed by atoms with Crippen LogP contribution in [0, 0.1) is 5.92 Å². The average Bonchev–Trinajstić information content (AvgIpc) is 2.60. The van der Waals surface area contributed by atoms with E-state index in [1.54, 1.807) is 26.2 Å². The normalized spacial score (nSPS) is 10.8. The zero-order valence-electron chi connectivity index (χ0n) is 16.0. The predicted molar refractivity (Wildman–Crippen MR) is 114 cm³/mol. The number of halogens is 1. The molecule has 0 saturated heterocycles. The summed E-state index contributed by atoms with van der Waals surface area (Å²) < 4.78 is 4.68. The third-order valence-corrected chi connectivity index (χ3v) is 3.38. The van der Waals surface area contributed by atoms with E-state index in [9.17, 15) is 9.59 Å². The van der Waals surface area contributed by atoms with Crippen molar-refractivity contribution >= 4 is 41.8 Å². The molecule has 2 N–H and O–H groups in total. The molecule has 1 rings (SSSR count). The maximum Gasteiger partial charge on any atom is 0.337 e. The lowest BCUT2D eigenvalue weighted by Gasteiger charge is -2.16. The van der Waals surface area contributed by atoms with Gasteiger partial charge >= 0.3 is 5.97 Å². The monoisotopic (exact) mass is 476 g/mol. The van der Waals surface area contributed by atoms with Gasteiger partial charge in [-0.25, -0.2) is 9.79 Å². The molecular formula is C18H29IN4O3. The lowest BCUT2D eigenvalue weighted by molar-refractivity contribution is -0.127. The number of hydrogen-bond donors (Lipinski definition) is 2. The second-order valence-electron chi connectivity index (χ2n) is 6.27. The van der Waals surface area contributed by atoms with Crippen LogP contribution in [-0.2, 0) is 16.1 Å². The lowest BCUT2D eigenvalue weighted by atomic mass is 10.1. The first-order valence-electron chi connectivity index (χ1n) is 8.23. The minimum Gasteiger partial charge on any atom is -0.465 e. The predicted octanol–water partition coefficient (Wildman–Crippen LogP) is 1.87. The number of ether oxygens (including phenoxy) is 1. The molecule has 146 valence electrons. The maximum atomic E-state index is 11.7. The summed E-state index contributed by atoms with van der Waals surface area (Å²) in [6, 6.07) is 7.09. The van der Waals surface area contributed by atoms with E-state index >= 15 is 0 Å². The van der Waals surface area contributed by atoms with E-state index in [0.29, 0.717) is 24.0 Å². The molecule has 0 aliphatic heterocycles. The highest BCUT2D eigenvalue weighted by molar-refractivity contribution is 14.0. The Morgan fingerprint density at radius 1 is 1.15 bits per heavy atom. The number of carbonyl (C=O) groups is 2. The standard InChI is InChI=1S/C18H28N4O3.HI/c1-13(2)10-19-18(21-12-16(23)22(3)4)20-11-14-6-8-15(9-7-14)17(24)25-5;/h6-9,13H,10-12H2,1-5H3,(H2,19,20,21);1H. The summed E-state index contributed by atoms with van der Waals surface area (Å²) in [6.45, 7) is 5.56. The molecule has 26 heavy (non-hydrogen) atoms. The number of amides is 1. The first kappa shape index (κ1) is 24.2. The molecule has 0 heterocycles. The molecule has 1 amide bonds. The van der Waals surface area contributed by atoms with E-state index in [0.717, 1.165) is 12.1 Å². The van der Waals surface area contributed by atoms with E-state index in [-0.39, 0.29) is 42.4 Å². The van der Waals surface area contributed by atoms with Crippen LogP contribution in [0.5, 0.6) is 0 Å². The Morgan fingerprint density at radius 2 is 1.77 bits per heavy atom. The third-order valence-electron chi connectivity index (χ3n) is 3.38. The molecule has 0 aliphatic carbocycles. The van der Waals surface area contributed by atoms with Gasteiger partial charge in [-0.3, -0.25) is 4.79 Å². The van der Waals surface area contributed by atoms with Gasteiger partial charge in [-0.1, -0.05) is 26.0 Å². The Bertz CT molecular complexity index is 601. The van der Waals surface area contributed by atoms with E-state index in [2.05, 4.69) is 34.2 Å². The SMILES string of the molecule is COC(=O)c1ccc(CN=C(NCC(=O)N(C)C)NCC(C)C)cc1.I. The smallest absolute Gasteiger partial charge is 0.337 e. The quantitative estimate of drug-likeness (QED) is 0.272. The molecule has 0 atom stereocenters. The Kier molecular flexibility index (Phi) is 11.6. The summed E-state index contributed by atoms with van der Waals surface area (Å²) in [5.74, 6) is 0.650. The number of benzene rings is 1. The van der Waals surface area contributed by atoms with Gasteiger partial charge < -0.3 is 20.3 Å². The maximum absolute atomic E-state index is 11.7. The lowest BCUT2D eigenvalue weighted by Crippen LogP contribution is -2.44. The number of rotatable bonds is 7. The average molecular weight is 476 g/mol. The summed E-state index contributed by atoms with van der Waals surface area (Å²) in [7, 11) is 4.78. The Balaban J connectivity index is 0.00000625. The Morgan fingerprint density at radius 3 is 2.27 bits per heavy atom. The van der Waals surface area contributed by atoms with Gasteiger partial charge in [0.25, 0.3) is 0 Å². The van der Waals surface area contributed by atoms with Crippen LogP contribution in [0.2, 0.25) is 0 Å². The highest BCUT2D eigenvalue weighted by Gasteiger charge is 2.07. The highest BCUT2D eigenvalue weighted by atomic mass is 127. The van der Waals surface area contributed by atoms with Gasteiger partial charge in [0.2, 0.25) is 5.91 Å². The van der Waals surface area contributed by atoms with Gasteiger partial charge in [-0.15, -0.1) is 24.0 Å². The van der Waals surface area contributed by atoms with Crippen LogP contribution in [0.3, 0.4) is 0 Å². The van der Waals surface area contributed by atoms with Crippen LogP contribution in [0.1, 0.15) is 29.8 Å². The second kappa shape index (κ2) is 12.5. The number of nitrogens with zero attached hydrogens (tertiary/aromatic N) is 2. The molecule has 0 bridgehead atoms. The van der Waals surface area contributed by atoms with E-state index in [1.165, 1.54) is 12.0 Å². The number of esters is 1. The van der Waals surface area contributed by atoms with Crippen molar-refractivity contribution in [1.29, 1.82) is 0 Å². The third kappa shape index (κ3) is 9.02. The molecule has 0 fully saturated rings. The van der Waals surface area contributed by atoms with Crippen molar-refractivity contribution in [1.82, 2.24) is 15.5 Å². The Hall–Kier alpha value is -1.84.